The Kier molecular flexibility index (Phi) is 5.57. The predicted octanol–water partition coefficient (Wildman–Crippen LogP) is 4.43. The zero-order valence-electron chi connectivity index (χ0n) is 12.9. The fourth-order valence-electron chi connectivity index (χ4n) is 1.42. The van der Waals surface area contributed by atoms with E-state index in [2.05, 4.69) is 33.9 Å². The van der Waals surface area contributed by atoms with E-state index in [1.807, 2.05) is 0 Å². The van der Waals surface area contributed by atoms with Crippen LogP contribution in [0.3, 0.4) is 0 Å². The van der Waals surface area contributed by atoms with Gasteiger partial charge < -0.3 is 0 Å². The van der Waals surface area contributed by atoms with E-state index >= 15 is 0 Å². The van der Waals surface area contributed by atoms with Crippen LogP contribution in [0.4, 0.5) is 0 Å². The number of hydrogen-bond donors (Lipinski definition) is 0. The molecule has 0 heterocycles. The summed E-state index contributed by atoms with van der Waals surface area (Å²) in [5.74, 6) is 0. The maximum Gasteiger partial charge on any atom is 0.183 e. The average molecular weight is 282 g/mol. The van der Waals surface area contributed by atoms with Gasteiger partial charge in [-0.15, -0.1) is 0 Å². The van der Waals surface area contributed by atoms with E-state index in [1.54, 1.807) is 39.0 Å². The number of hydrogen-bond acceptors (Lipinski definition) is 2. The topological polar surface area (TPSA) is 34.1 Å². The van der Waals surface area contributed by atoms with Gasteiger partial charge in [-0.3, -0.25) is 0 Å². The Labute approximate surface area is 118 Å². The quantitative estimate of drug-likeness (QED) is 0.715. The second kappa shape index (κ2) is 5.91. The maximum atomic E-state index is 12.3. The predicted molar refractivity (Wildman–Crippen MR) is 84.7 cm³/mol. The highest BCUT2D eigenvalue weighted by Crippen LogP contribution is 2.28. The van der Waals surface area contributed by atoms with Gasteiger partial charge in [0.2, 0.25) is 0 Å². The molecule has 0 N–H and O–H groups in total. The van der Waals surface area contributed by atoms with Crippen molar-refractivity contribution in [2.24, 2.45) is 5.41 Å². The third-order valence-corrected chi connectivity index (χ3v) is 5.37. The van der Waals surface area contributed by atoms with Crippen molar-refractivity contribution in [3.63, 3.8) is 0 Å². The van der Waals surface area contributed by atoms with Crippen LogP contribution in [0.25, 0.3) is 0 Å². The Hall–Kier alpha value is -1.09. The Morgan fingerprint density at radius 3 is 1.63 bits per heavy atom. The van der Waals surface area contributed by atoms with Crippen molar-refractivity contribution in [2.75, 3.05) is 0 Å². The van der Waals surface area contributed by atoms with Gasteiger partial charge in [-0.2, -0.15) is 0 Å². The molecule has 0 fully saturated rings. The van der Waals surface area contributed by atoms with Crippen molar-refractivity contribution in [2.45, 2.75) is 46.3 Å². The minimum absolute atomic E-state index is 0.0734. The van der Waals surface area contributed by atoms with Crippen molar-refractivity contribution in [1.82, 2.24) is 0 Å². The van der Waals surface area contributed by atoms with E-state index in [1.165, 1.54) is 6.08 Å². The van der Waals surface area contributed by atoms with Crippen LogP contribution in [-0.4, -0.2) is 13.2 Å². The molecule has 0 atom stereocenters. The van der Waals surface area contributed by atoms with Crippen LogP contribution in [0.1, 0.15) is 41.5 Å². The zero-order valence-corrected chi connectivity index (χ0v) is 13.8. The summed E-state index contributed by atoms with van der Waals surface area (Å²) in [7, 11) is -3.37. The van der Waals surface area contributed by atoms with E-state index < -0.39 is 14.6 Å². The van der Waals surface area contributed by atoms with Gasteiger partial charge in [-0.25, -0.2) is 8.42 Å². The molecule has 0 aliphatic rings. The molecular weight excluding hydrogens is 256 g/mol. The maximum absolute atomic E-state index is 12.3. The first-order valence-corrected chi connectivity index (χ1v) is 7.78. The van der Waals surface area contributed by atoms with E-state index in [-0.39, 0.29) is 10.3 Å². The minimum atomic E-state index is -3.37. The summed E-state index contributed by atoms with van der Waals surface area (Å²) in [5.41, 5.74) is 0.909. The lowest BCUT2D eigenvalue weighted by molar-refractivity contribution is 0.517. The van der Waals surface area contributed by atoms with E-state index in [4.69, 9.17) is 0 Å². The molecule has 19 heavy (non-hydrogen) atoms. The lowest BCUT2D eigenvalue weighted by Gasteiger charge is -2.21. The molecule has 2 nitrogen and oxygen atoms in total. The molecular formula is C16H26O2S. The molecule has 0 spiro atoms. The second-order valence-electron chi connectivity index (χ2n) is 6.47. The Bertz CT molecular complexity index is 504. The molecule has 0 bridgehead atoms. The number of rotatable bonds is 4. The summed E-state index contributed by atoms with van der Waals surface area (Å²) in [6.07, 6.45) is 6.55. The molecule has 0 aliphatic heterocycles. The Balaban J connectivity index is 5.79. The van der Waals surface area contributed by atoms with Crippen LogP contribution in [0, 0.1) is 5.41 Å². The summed E-state index contributed by atoms with van der Waals surface area (Å²) >= 11 is 0. The molecule has 0 aromatic rings. The first-order chi connectivity index (χ1) is 8.37. The van der Waals surface area contributed by atoms with Gasteiger partial charge in [0.25, 0.3) is 0 Å². The zero-order chi connectivity index (χ0) is 15.5. The molecule has 0 aromatic carbocycles. The SMILES string of the molecule is C=C/C(=C\C=C(/C=C)S(=O)(=O)C(C)(C)C)C(C)(C)C. The van der Waals surface area contributed by atoms with Gasteiger partial charge in [0.05, 0.1) is 9.65 Å². The highest BCUT2D eigenvalue weighted by molar-refractivity contribution is 7.96. The van der Waals surface area contributed by atoms with Crippen molar-refractivity contribution >= 4 is 9.84 Å². The smallest absolute Gasteiger partial charge is 0.183 e. The second-order valence-corrected chi connectivity index (χ2v) is 9.17. The fourth-order valence-corrected chi connectivity index (χ4v) is 2.59. The third-order valence-electron chi connectivity index (χ3n) is 2.83. The van der Waals surface area contributed by atoms with Gasteiger partial charge in [0, 0.05) is 0 Å². The molecule has 0 aliphatic carbocycles. The normalized spacial score (nSPS) is 15.3. The van der Waals surface area contributed by atoms with Crippen molar-refractivity contribution in [3.8, 4) is 0 Å². The molecule has 0 saturated carbocycles. The van der Waals surface area contributed by atoms with Crippen LogP contribution >= 0.6 is 0 Å². The number of sulfone groups is 1. The first-order valence-electron chi connectivity index (χ1n) is 6.30. The minimum Gasteiger partial charge on any atom is -0.223 e. The summed E-state index contributed by atoms with van der Waals surface area (Å²) in [4.78, 5) is 0.239. The lowest BCUT2D eigenvalue weighted by Crippen LogP contribution is -2.28. The molecule has 0 amide bonds. The molecule has 0 unspecified atom stereocenters. The molecule has 0 saturated heterocycles. The van der Waals surface area contributed by atoms with Crippen LogP contribution < -0.4 is 0 Å². The summed E-state index contributed by atoms with van der Waals surface area (Å²) < 4.78 is 23.8. The van der Waals surface area contributed by atoms with Gasteiger partial charge in [0.15, 0.2) is 9.84 Å². The first kappa shape index (κ1) is 17.9. The van der Waals surface area contributed by atoms with Crippen LogP contribution in [-0.2, 0) is 9.84 Å². The monoisotopic (exact) mass is 282 g/mol. The molecule has 3 heteroatoms. The van der Waals surface area contributed by atoms with E-state index in [9.17, 15) is 8.42 Å². The largest absolute Gasteiger partial charge is 0.223 e. The highest BCUT2D eigenvalue weighted by atomic mass is 32.2. The van der Waals surface area contributed by atoms with Crippen LogP contribution in [0.15, 0.2) is 47.9 Å². The highest BCUT2D eigenvalue weighted by Gasteiger charge is 2.31. The fraction of sp³-hybridized carbons (Fsp3) is 0.500. The van der Waals surface area contributed by atoms with E-state index in [0.717, 1.165) is 5.57 Å². The van der Waals surface area contributed by atoms with Crippen molar-refractivity contribution in [3.05, 3.63) is 47.9 Å². The molecule has 0 aromatic heterocycles. The summed E-state index contributed by atoms with van der Waals surface area (Å²) in [6.45, 7) is 18.6. The molecule has 0 radical (unpaired) electrons. The molecule has 0 rings (SSSR count). The summed E-state index contributed by atoms with van der Waals surface area (Å²) in [5, 5.41) is 0. The van der Waals surface area contributed by atoms with Gasteiger partial charge in [0.1, 0.15) is 0 Å². The van der Waals surface area contributed by atoms with E-state index in [0.29, 0.717) is 0 Å². The Morgan fingerprint density at radius 2 is 1.37 bits per heavy atom. The van der Waals surface area contributed by atoms with Crippen LogP contribution in [0.2, 0.25) is 0 Å². The Morgan fingerprint density at radius 1 is 0.895 bits per heavy atom. The van der Waals surface area contributed by atoms with Gasteiger partial charge >= 0.3 is 0 Å². The average Bonchev–Trinajstić information content (AvgIpc) is 2.20. The van der Waals surface area contributed by atoms with Crippen molar-refractivity contribution in [1.29, 1.82) is 0 Å². The number of allylic oxidation sites excluding steroid dienone is 5. The van der Waals surface area contributed by atoms with Gasteiger partial charge in [-0.05, 0) is 37.8 Å². The van der Waals surface area contributed by atoms with Crippen molar-refractivity contribution < 1.29 is 8.42 Å². The lowest BCUT2D eigenvalue weighted by atomic mass is 9.86. The third kappa shape index (κ3) is 4.50. The summed E-state index contributed by atoms with van der Waals surface area (Å²) in [6, 6.07) is 0. The van der Waals surface area contributed by atoms with Gasteiger partial charge in [-0.1, -0.05) is 52.2 Å². The van der Waals surface area contributed by atoms with Crippen LogP contribution in [0.5, 0.6) is 0 Å². The molecule has 108 valence electrons. The standard InChI is InChI=1S/C16H26O2S/c1-9-13(15(3,4)5)11-12-14(10-2)19(17,18)16(6,7)8/h9-12H,1-2H2,3-8H3/b13-11+,14-12+.